The number of methoxy groups -OCH3 is 1. The number of ether oxygens (including phenoxy) is 2. The van der Waals surface area contributed by atoms with E-state index in [1.54, 1.807) is 6.92 Å². The third-order valence-electron chi connectivity index (χ3n) is 0.827. The van der Waals surface area contributed by atoms with Gasteiger partial charge >= 0.3 is 5.25 Å². The highest BCUT2D eigenvalue weighted by Crippen LogP contribution is 2.20. The van der Waals surface area contributed by atoms with Crippen molar-refractivity contribution in [1.29, 1.82) is 0 Å². The van der Waals surface area contributed by atoms with Crippen molar-refractivity contribution in [1.82, 2.24) is 0 Å². The van der Waals surface area contributed by atoms with Gasteiger partial charge in [-0.05, 0) is 30.1 Å². The molecule has 5 heteroatoms. The summed E-state index contributed by atoms with van der Waals surface area (Å²) in [5.41, 5.74) is 0. The van der Waals surface area contributed by atoms with Gasteiger partial charge in [0.2, 0.25) is 0 Å². The molecule has 0 heterocycles. The van der Waals surface area contributed by atoms with E-state index in [1.165, 1.54) is 7.11 Å². The molecule has 0 bridgehead atoms. The zero-order chi connectivity index (χ0) is 8.20. The molecule has 0 aliphatic rings. The highest BCUT2D eigenvalue weighted by molar-refractivity contribution is 6.69. The molecule has 10 heavy (non-hydrogen) atoms. The summed E-state index contributed by atoms with van der Waals surface area (Å²) in [6.45, 7) is 1.94. The molecule has 0 aliphatic heterocycles. The van der Waals surface area contributed by atoms with Gasteiger partial charge in [0.25, 0.3) is 5.24 Å². The van der Waals surface area contributed by atoms with Gasteiger partial charge in [0.05, 0.1) is 0 Å². The first-order valence-electron chi connectivity index (χ1n) is 2.64. The minimum absolute atomic E-state index is 0.260. The monoisotopic (exact) mass is 186 g/mol. The summed E-state index contributed by atoms with van der Waals surface area (Å²) < 4.78 is 9.20. The second-order valence-corrected chi connectivity index (χ2v) is 2.29. The van der Waals surface area contributed by atoms with E-state index in [0.29, 0.717) is 0 Å². The van der Waals surface area contributed by atoms with Crippen molar-refractivity contribution >= 4 is 28.4 Å². The average molecular weight is 187 g/mol. The molecule has 0 aromatic carbocycles. The molecule has 0 fully saturated rings. The SMILES string of the molecule is CCOC(Cl)(OC)C(=O)Cl. The van der Waals surface area contributed by atoms with Crippen molar-refractivity contribution in [2.75, 3.05) is 13.7 Å². The van der Waals surface area contributed by atoms with Gasteiger partial charge in [-0.1, -0.05) is 0 Å². The summed E-state index contributed by atoms with van der Waals surface area (Å²) in [5.74, 6) is 0. The molecule has 1 unspecified atom stereocenters. The maximum atomic E-state index is 10.5. The van der Waals surface area contributed by atoms with Crippen molar-refractivity contribution in [2.24, 2.45) is 0 Å². The fourth-order valence-electron chi connectivity index (χ4n) is 0.382. The van der Waals surface area contributed by atoms with Gasteiger partial charge in [-0.25, -0.2) is 0 Å². The third kappa shape index (κ3) is 2.42. The van der Waals surface area contributed by atoms with Gasteiger partial charge in [-0.15, -0.1) is 0 Å². The van der Waals surface area contributed by atoms with Crippen LogP contribution in [0, 0.1) is 0 Å². The summed E-state index contributed by atoms with van der Waals surface area (Å²) in [6, 6.07) is 0. The molecule has 0 N–H and O–H groups in total. The minimum atomic E-state index is -1.81. The van der Waals surface area contributed by atoms with Crippen LogP contribution in [0.25, 0.3) is 0 Å². The Bertz CT molecular complexity index is 128. The first-order valence-corrected chi connectivity index (χ1v) is 3.40. The molecule has 0 saturated carbocycles. The van der Waals surface area contributed by atoms with E-state index in [4.69, 9.17) is 27.9 Å². The Morgan fingerprint density at radius 1 is 1.70 bits per heavy atom. The number of hydrogen-bond donors (Lipinski definition) is 0. The first kappa shape index (κ1) is 10.2. The van der Waals surface area contributed by atoms with E-state index in [-0.39, 0.29) is 6.61 Å². The maximum Gasteiger partial charge on any atom is 0.326 e. The summed E-state index contributed by atoms with van der Waals surface area (Å²) >= 11 is 10.5. The molecule has 0 radical (unpaired) electrons. The quantitative estimate of drug-likeness (QED) is 0.378. The van der Waals surface area contributed by atoms with Crippen LogP contribution < -0.4 is 0 Å². The average Bonchev–Trinajstić information content (AvgIpc) is 1.88. The fraction of sp³-hybridized carbons (Fsp3) is 0.800. The van der Waals surface area contributed by atoms with Crippen LogP contribution in [0.15, 0.2) is 0 Å². The maximum absolute atomic E-state index is 10.5. The first-order chi connectivity index (χ1) is 4.56. The molecule has 0 aromatic rings. The van der Waals surface area contributed by atoms with Gasteiger partial charge < -0.3 is 9.47 Å². The van der Waals surface area contributed by atoms with Crippen molar-refractivity contribution in [3.05, 3.63) is 0 Å². The molecule has 0 saturated heterocycles. The predicted molar refractivity (Wildman–Crippen MR) is 38.1 cm³/mol. The molecular weight excluding hydrogens is 179 g/mol. The zero-order valence-electron chi connectivity index (χ0n) is 5.69. The molecule has 0 aliphatic carbocycles. The number of rotatable bonds is 4. The van der Waals surface area contributed by atoms with Crippen LogP contribution in [0.4, 0.5) is 0 Å². The van der Waals surface area contributed by atoms with Crippen molar-refractivity contribution < 1.29 is 14.3 Å². The third-order valence-corrected chi connectivity index (χ3v) is 1.61. The zero-order valence-corrected chi connectivity index (χ0v) is 7.20. The van der Waals surface area contributed by atoms with Crippen LogP contribution in [-0.4, -0.2) is 24.2 Å². The lowest BCUT2D eigenvalue weighted by Gasteiger charge is -2.19. The normalized spacial score (nSPS) is 16.4. The largest absolute Gasteiger partial charge is 0.334 e. The smallest absolute Gasteiger partial charge is 0.326 e. The minimum Gasteiger partial charge on any atom is -0.334 e. The number of alkyl halides is 1. The van der Waals surface area contributed by atoms with E-state index in [0.717, 1.165) is 0 Å². The summed E-state index contributed by atoms with van der Waals surface area (Å²) in [5, 5.41) is -2.69. The Balaban J connectivity index is 4.08. The Kier molecular flexibility index (Phi) is 4.20. The van der Waals surface area contributed by atoms with E-state index in [9.17, 15) is 4.79 Å². The van der Waals surface area contributed by atoms with Gasteiger partial charge in [-0.2, -0.15) is 0 Å². The second kappa shape index (κ2) is 4.13. The van der Waals surface area contributed by atoms with E-state index >= 15 is 0 Å². The van der Waals surface area contributed by atoms with Gasteiger partial charge in [0.1, 0.15) is 0 Å². The van der Waals surface area contributed by atoms with Crippen molar-refractivity contribution in [3.8, 4) is 0 Å². The van der Waals surface area contributed by atoms with Crippen LogP contribution in [0.2, 0.25) is 0 Å². The van der Waals surface area contributed by atoms with Gasteiger partial charge in [0.15, 0.2) is 0 Å². The highest BCUT2D eigenvalue weighted by Gasteiger charge is 2.35. The Morgan fingerprint density at radius 2 is 2.20 bits per heavy atom. The Hall–Kier alpha value is 0.170. The van der Waals surface area contributed by atoms with E-state index in [1.807, 2.05) is 0 Å². The predicted octanol–water partition coefficient (Wildman–Crippen LogP) is 1.33. The molecule has 3 nitrogen and oxygen atoms in total. The van der Waals surface area contributed by atoms with E-state index in [2.05, 4.69) is 4.74 Å². The summed E-state index contributed by atoms with van der Waals surface area (Å²) in [7, 11) is 1.24. The summed E-state index contributed by atoms with van der Waals surface area (Å²) in [6.07, 6.45) is 0. The molecule has 0 aromatic heterocycles. The van der Waals surface area contributed by atoms with Crippen LogP contribution in [0.1, 0.15) is 6.92 Å². The van der Waals surface area contributed by atoms with Crippen LogP contribution >= 0.6 is 23.2 Å². The van der Waals surface area contributed by atoms with Gasteiger partial charge in [-0.3, -0.25) is 4.79 Å². The fourth-order valence-corrected chi connectivity index (χ4v) is 0.622. The molecular formula is C5H8Cl2O3. The lowest BCUT2D eigenvalue weighted by Crippen LogP contribution is -2.34. The molecule has 0 amide bonds. The molecule has 60 valence electrons. The van der Waals surface area contributed by atoms with Crippen LogP contribution in [0.5, 0.6) is 0 Å². The second-order valence-electron chi connectivity index (χ2n) is 1.45. The number of halogens is 2. The molecule has 0 spiro atoms. The molecule has 1 atom stereocenters. The van der Waals surface area contributed by atoms with Crippen molar-refractivity contribution in [2.45, 2.75) is 12.2 Å². The van der Waals surface area contributed by atoms with E-state index < -0.39 is 10.5 Å². The van der Waals surface area contributed by atoms with Gasteiger partial charge in [0, 0.05) is 13.7 Å². The lowest BCUT2D eigenvalue weighted by atomic mass is 10.7. The topological polar surface area (TPSA) is 35.5 Å². The van der Waals surface area contributed by atoms with Crippen molar-refractivity contribution in [3.63, 3.8) is 0 Å². The Morgan fingerprint density at radius 3 is 2.30 bits per heavy atom. The standard InChI is InChI=1S/C5H8Cl2O3/c1-3-10-5(7,9-2)4(6)8/h3H2,1-2H3. The Labute approximate surface area is 69.2 Å². The number of hydrogen-bond acceptors (Lipinski definition) is 3. The molecule has 0 rings (SSSR count). The van der Waals surface area contributed by atoms with Crippen LogP contribution in [-0.2, 0) is 14.3 Å². The lowest BCUT2D eigenvalue weighted by molar-refractivity contribution is -0.170. The number of carbonyl (C=O) groups is 1. The van der Waals surface area contributed by atoms with Crippen LogP contribution in [0.3, 0.4) is 0 Å². The number of carbonyl (C=O) groups excluding carboxylic acids is 1. The highest BCUT2D eigenvalue weighted by atomic mass is 35.5. The summed E-state index contributed by atoms with van der Waals surface area (Å²) in [4.78, 5) is 10.5.